The van der Waals surface area contributed by atoms with E-state index < -0.39 is 0 Å². The van der Waals surface area contributed by atoms with Gasteiger partial charge in [0.15, 0.2) is 0 Å². The van der Waals surface area contributed by atoms with E-state index in [1.807, 2.05) is 13.0 Å². The Balaban J connectivity index is 2.13. The highest BCUT2D eigenvalue weighted by molar-refractivity contribution is 6.00. The fraction of sp³-hybridized carbons (Fsp3) is 0.562. The van der Waals surface area contributed by atoms with E-state index >= 15 is 0 Å². The van der Waals surface area contributed by atoms with Crippen LogP contribution >= 0.6 is 0 Å². The van der Waals surface area contributed by atoms with Crippen molar-refractivity contribution in [1.82, 2.24) is 4.90 Å². The van der Waals surface area contributed by atoms with Crippen LogP contribution in [-0.2, 0) is 0 Å². The number of hydrogen-bond acceptors (Lipinski definition) is 3. The highest BCUT2D eigenvalue weighted by atomic mass is 15.3. The molecule has 0 amide bonds. The number of nitrogens with one attached hydrogen (secondary N) is 1. The lowest BCUT2D eigenvalue weighted by Gasteiger charge is -2.39. The van der Waals surface area contributed by atoms with Gasteiger partial charge in [0.1, 0.15) is 5.84 Å². The molecule has 1 heterocycles. The van der Waals surface area contributed by atoms with E-state index in [2.05, 4.69) is 35.8 Å². The molecule has 0 radical (unpaired) electrons. The highest BCUT2D eigenvalue weighted by Gasteiger charge is 2.22. The molecule has 4 heteroatoms. The van der Waals surface area contributed by atoms with Crippen molar-refractivity contribution in [2.75, 3.05) is 31.1 Å². The van der Waals surface area contributed by atoms with Gasteiger partial charge >= 0.3 is 0 Å². The van der Waals surface area contributed by atoms with Gasteiger partial charge in [-0.25, -0.2) is 0 Å². The zero-order valence-electron chi connectivity index (χ0n) is 12.8. The van der Waals surface area contributed by atoms with Crippen molar-refractivity contribution in [2.24, 2.45) is 5.73 Å². The minimum Gasteiger partial charge on any atom is -0.384 e. The molecule has 1 atom stereocenters. The first-order chi connectivity index (χ1) is 9.52. The number of nitrogens with two attached hydrogens (primary N) is 1. The van der Waals surface area contributed by atoms with Crippen LogP contribution < -0.4 is 10.6 Å². The lowest BCUT2D eigenvalue weighted by Crippen LogP contribution is -2.49. The second kappa shape index (κ2) is 6.27. The summed E-state index contributed by atoms with van der Waals surface area (Å²) in [5.41, 5.74) is 8.85. The molecular weight excluding hydrogens is 248 g/mol. The lowest BCUT2D eigenvalue weighted by molar-refractivity contribution is 0.193. The van der Waals surface area contributed by atoms with Crippen molar-refractivity contribution in [2.45, 2.75) is 33.2 Å². The summed E-state index contributed by atoms with van der Waals surface area (Å²) in [5.74, 6) is 0.160. The lowest BCUT2D eigenvalue weighted by atomic mass is 10.1. The first kappa shape index (κ1) is 14.9. The topological polar surface area (TPSA) is 56.4 Å². The molecule has 1 aliphatic rings. The van der Waals surface area contributed by atoms with Crippen LogP contribution in [0.5, 0.6) is 0 Å². The molecule has 1 aromatic carbocycles. The molecule has 0 bridgehead atoms. The molecule has 3 N–H and O–H groups in total. The Morgan fingerprint density at radius 1 is 1.30 bits per heavy atom. The average Bonchev–Trinajstić information content (AvgIpc) is 2.46. The predicted molar refractivity (Wildman–Crippen MR) is 85.7 cm³/mol. The molecule has 2 rings (SSSR count). The van der Waals surface area contributed by atoms with Crippen LogP contribution in [0.25, 0.3) is 0 Å². The quantitative estimate of drug-likeness (QED) is 0.654. The molecule has 0 aromatic heterocycles. The number of anilines is 1. The van der Waals surface area contributed by atoms with Crippen LogP contribution in [0.15, 0.2) is 18.2 Å². The second-order valence-electron chi connectivity index (χ2n) is 5.71. The van der Waals surface area contributed by atoms with Gasteiger partial charge in [-0.1, -0.05) is 18.6 Å². The van der Waals surface area contributed by atoms with Gasteiger partial charge in [0.05, 0.1) is 0 Å². The van der Waals surface area contributed by atoms with Crippen LogP contribution in [0.3, 0.4) is 0 Å². The Morgan fingerprint density at radius 3 is 2.50 bits per heavy atom. The summed E-state index contributed by atoms with van der Waals surface area (Å²) in [4.78, 5) is 4.90. The molecule has 1 fully saturated rings. The van der Waals surface area contributed by atoms with Gasteiger partial charge in [-0.2, -0.15) is 0 Å². The Hall–Kier alpha value is -1.55. The molecule has 1 unspecified atom stereocenters. The maximum absolute atomic E-state index is 7.77. The van der Waals surface area contributed by atoms with Gasteiger partial charge in [-0.3, -0.25) is 10.3 Å². The third kappa shape index (κ3) is 3.12. The summed E-state index contributed by atoms with van der Waals surface area (Å²) >= 11 is 0. The predicted octanol–water partition coefficient (Wildman–Crippen LogP) is 2.20. The largest absolute Gasteiger partial charge is 0.384 e. The fourth-order valence-electron chi connectivity index (χ4n) is 2.80. The second-order valence-corrected chi connectivity index (χ2v) is 5.71. The smallest absolute Gasteiger partial charge is 0.124 e. The van der Waals surface area contributed by atoms with Crippen LogP contribution in [0, 0.1) is 12.3 Å². The number of hydrogen-bond donors (Lipinski definition) is 2. The third-order valence-corrected chi connectivity index (χ3v) is 4.31. The number of nitrogens with zero attached hydrogens (tertiary/aromatic N) is 2. The van der Waals surface area contributed by atoms with Crippen molar-refractivity contribution in [1.29, 1.82) is 5.41 Å². The van der Waals surface area contributed by atoms with Crippen LogP contribution in [-0.4, -0.2) is 43.0 Å². The van der Waals surface area contributed by atoms with Crippen molar-refractivity contribution >= 4 is 11.5 Å². The number of amidine groups is 1. The first-order valence-electron chi connectivity index (χ1n) is 7.47. The SMILES string of the molecule is CCC(C)N1CCN(c2ccc(C)cc2C(=N)N)CC1. The van der Waals surface area contributed by atoms with E-state index in [0.29, 0.717) is 6.04 Å². The van der Waals surface area contributed by atoms with E-state index in [9.17, 15) is 0 Å². The summed E-state index contributed by atoms with van der Waals surface area (Å²) in [6, 6.07) is 6.87. The van der Waals surface area contributed by atoms with E-state index in [0.717, 1.165) is 43.0 Å². The number of nitrogen functional groups attached to an aromatic ring is 1. The minimum atomic E-state index is 0.160. The maximum Gasteiger partial charge on any atom is 0.124 e. The van der Waals surface area contributed by atoms with E-state index in [1.165, 1.54) is 6.42 Å². The van der Waals surface area contributed by atoms with Gasteiger partial charge in [-0.05, 0) is 32.4 Å². The van der Waals surface area contributed by atoms with E-state index in [4.69, 9.17) is 11.1 Å². The molecule has 20 heavy (non-hydrogen) atoms. The zero-order valence-corrected chi connectivity index (χ0v) is 12.8. The molecule has 1 aliphatic heterocycles. The van der Waals surface area contributed by atoms with E-state index in [-0.39, 0.29) is 5.84 Å². The molecule has 1 aromatic rings. The number of benzene rings is 1. The summed E-state index contributed by atoms with van der Waals surface area (Å²) < 4.78 is 0. The maximum atomic E-state index is 7.77. The van der Waals surface area contributed by atoms with Gasteiger partial charge < -0.3 is 10.6 Å². The minimum absolute atomic E-state index is 0.160. The fourth-order valence-corrected chi connectivity index (χ4v) is 2.80. The van der Waals surface area contributed by atoms with Gasteiger partial charge in [0.2, 0.25) is 0 Å². The highest BCUT2D eigenvalue weighted by Crippen LogP contribution is 2.23. The molecule has 4 nitrogen and oxygen atoms in total. The van der Waals surface area contributed by atoms with Crippen LogP contribution in [0.2, 0.25) is 0 Å². The summed E-state index contributed by atoms with van der Waals surface area (Å²) in [5, 5.41) is 7.77. The number of rotatable bonds is 4. The molecule has 0 aliphatic carbocycles. The monoisotopic (exact) mass is 274 g/mol. The molecule has 110 valence electrons. The van der Waals surface area contributed by atoms with Crippen molar-refractivity contribution in [3.63, 3.8) is 0 Å². The van der Waals surface area contributed by atoms with E-state index in [1.54, 1.807) is 0 Å². The van der Waals surface area contributed by atoms with Crippen LogP contribution in [0.4, 0.5) is 5.69 Å². The Kier molecular flexibility index (Phi) is 4.65. The molecule has 1 saturated heterocycles. The van der Waals surface area contributed by atoms with Crippen molar-refractivity contribution < 1.29 is 0 Å². The molecule has 0 spiro atoms. The van der Waals surface area contributed by atoms with Gasteiger partial charge in [0, 0.05) is 43.5 Å². The normalized spacial score (nSPS) is 18.1. The summed E-state index contributed by atoms with van der Waals surface area (Å²) in [6.45, 7) is 10.8. The Labute approximate surface area is 122 Å². The molecule has 0 saturated carbocycles. The molecular formula is C16H26N4. The zero-order chi connectivity index (χ0) is 14.7. The number of piperazine rings is 1. The van der Waals surface area contributed by atoms with Gasteiger partial charge in [-0.15, -0.1) is 0 Å². The average molecular weight is 274 g/mol. The van der Waals surface area contributed by atoms with Crippen molar-refractivity contribution in [3.8, 4) is 0 Å². The standard InChI is InChI=1S/C16H26N4/c1-4-13(3)19-7-9-20(10-8-19)15-6-5-12(2)11-14(15)16(17)18/h5-6,11,13H,4,7-10H2,1-3H3,(H3,17,18). The summed E-state index contributed by atoms with van der Waals surface area (Å²) in [6.07, 6.45) is 1.20. The van der Waals surface area contributed by atoms with Crippen molar-refractivity contribution in [3.05, 3.63) is 29.3 Å². The number of aryl methyl sites for hydroxylation is 1. The van der Waals surface area contributed by atoms with Gasteiger partial charge in [0.25, 0.3) is 0 Å². The third-order valence-electron chi connectivity index (χ3n) is 4.31. The summed E-state index contributed by atoms with van der Waals surface area (Å²) in [7, 11) is 0. The Bertz CT molecular complexity index is 475. The first-order valence-corrected chi connectivity index (χ1v) is 7.47. The van der Waals surface area contributed by atoms with Crippen LogP contribution in [0.1, 0.15) is 31.4 Å². The Morgan fingerprint density at radius 2 is 1.95 bits per heavy atom.